The molecule has 0 saturated carbocycles. The highest BCUT2D eigenvalue weighted by Gasteiger charge is 2.19. The molecule has 33 heavy (non-hydrogen) atoms. The minimum Gasteiger partial charge on any atom is -0.497 e. The predicted octanol–water partition coefficient (Wildman–Crippen LogP) is 1.61. The van der Waals surface area contributed by atoms with E-state index in [0.717, 1.165) is 4.57 Å². The Hall–Kier alpha value is -4.47. The van der Waals surface area contributed by atoms with Crippen LogP contribution in [-0.2, 0) is 17.9 Å². The van der Waals surface area contributed by atoms with Gasteiger partial charge in [-0.3, -0.25) is 19.1 Å². The topological polar surface area (TPSA) is 117 Å². The second-order valence-corrected chi connectivity index (χ2v) is 7.09. The summed E-state index contributed by atoms with van der Waals surface area (Å²) >= 11 is 0. The number of hydrogen-bond acceptors (Lipinski definition) is 7. The number of pyridine rings is 2. The van der Waals surface area contributed by atoms with Crippen molar-refractivity contribution in [3.8, 4) is 22.9 Å². The van der Waals surface area contributed by atoms with E-state index in [0.29, 0.717) is 22.9 Å². The third-order valence-electron chi connectivity index (χ3n) is 4.99. The molecule has 2 aliphatic rings. The summed E-state index contributed by atoms with van der Waals surface area (Å²) in [6.07, 6.45) is 3.17. The molecule has 0 radical (unpaired) electrons. The number of methoxy groups -OCH3 is 2. The zero-order valence-corrected chi connectivity index (χ0v) is 18.0. The van der Waals surface area contributed by atoms with Gasteiger partial charge in [0.15, 0.2) is 5.82 Å². The Bertz CT molecular complexity index is 1380. The van der Waals surface area contributed by atoms with Gasteiger partial charge in [-0.2, -0.15) is 4.98 Å². The van der Waals surface area contributed by atoms with E-state index in [-0.39, 0.29) is 24.5 Å². The molecule has 0 bridgehead atoms. The van der Waals surface area contributed by atoms with Crippen LogP contribution in [0, 0.1) is 0 Å². The molecule has 1 aromatic carbocycles. The fourth-order valence-electron chi connectivity index (χ4n) is 3.39. The molecule has 1 aromatic heterocycles. The van der Waals surface area contributed by atoms with Crippen molar-refractivity contribution in [2.24, 2.45) is 0 Å². The first-order chi connectivity index (χ1) is 16.0. The average molecular weight is 447 g/mol. The number of fused-ring (bicyclic) bond motifs is 1. The lowest BCUT2D eigenvalue weighted by Gasteiger charge is -2.16. The molecule has 1 amide bonds. The van der Waals surface area contributed by atoms with Gasteiger partial charge in [0.25, 0.3) is 5.56 Å². The number of carbonyl (C=O) groups is 1. The van der Waals surface area contributed by atoms with E-state index in [9.17, 15) is 14.4 Å². The number of carbonyl (C=O) groups excluding carboxylic acids is 1. The number of ether oxygens (including phenoxy) is 2. The van der Waals surface area contributed by atoms with Crippen molar-refractivity contribution in [1.82, 2.24) is 19.1 Å². The summed E-state index contributed by atoms with van der Waals surface area (Å²) in [6, 6.07) is 13.5. The molecule has 0 unspecified atom stereocenters. The van der Waals surface area contributed by atoms with Crippen LogP contribution in [0.4, 0.5) is 5.69 Å². The van der Waals surface area contributed by atoms with Crippen LogP contribution in [0.5, 0.6) is 11.5 Å². The molecule has 168 valence electrons. The monoisotopic (exact) mass is 447 g/mol. The number of benzene rings is 1. The summed E-state index contributed by atoms with van der Waals surface area (Å²) in [6.45, 7) is -0.166. The van der Waals surface area contributed by atoms with Crippen molar-refractivity contribution in [2.75, 3.05) is 19.5 Å². The third-order valence-corrected chi connectivity index (χ3v) is 4.99. The molecular formula is C23H21N5O5. The van der Waals surface area contributed by atoms with Crippen molar-refractivity contribution in [3.05, 3.63) is 87.5 Å². The Morgan fingerprint density at radius 2 is 1.91 bits per heavy atom. The molecule has 0 atom stereocenters. The lowest BCUT2D eigenvalue weighted by atomic mass is 10.2. The van der Waals surface area contributed by atoms with Crippen molar-refractivity contribution in [3.63, 3.8) is 0 Å². The number of aromatic nitrogens is 4. The second-order valence-electron chi connectivity index (χ2n) is 7.09. The minimum absolute atomic E-state index is 0.00641. The van der Waals surface area contributed by atoms with Crippen LogP contribution in [0.15, 0.2) is 70.5 Å². The van der Waals surface area contributed by atoms with Gasteiger partial charge in [0.2, 0.25) is 5.91 Å². The standard InChI is InChI=1S/C23H21N5O5/c1-32-16-8-9-19(33-2)18(12-16)25-20(29)14-27-11-5-7-17-21(27)26-23(31)28(22(17)30)13-15-6-3-4-10-24-15/h3-12H,13-14H2,1-2H3,(H,25,29). The lowest BCUT2D eigenvalue weighted by Crippen LogP contribution is -2.38. The van der Waals surface area contributed by atoms with Gasteiger partial charge in [0.1, 0.15) is 18.0 Å². The third kappa shape index (κ3) is 4.59. The van der Waals surface area contributed by atoms with Gasteiger partial charge in [0.05, 0.1) is 37.7 Å². The van der Waals surface area contributed by atoms with Crippen molar-refractivity contribution >= 4 is 11.6 Å². The summed E-state index contributed by atoms with van der Waals surface area (Å²) in [5.74, 6) is 0.739. The van der Waals surface area contributed by atoms with Gasteiger partial charge in [-0.25, -0.2) is 4.79 Å². The summed E-state index contributed by atoms with van der Waals surface area (Å²) in [4.78, 5) is 46.6. The summed E-state index contributed by atoms with van der Waals surface area (Å²) in [5, 5.41) is 2.76. The maximum absolute atomic E-state index is 13.0. The average Bonchev–Trinajstić information content (AvgIpc) is 2.83. The molecule has 1 N–H and O–H groups in total. The Labute approximate surface area is 188 Å². The van der Waals surface area contributed by atoms with E-state index >= 15 is 0 Å². The van der Waals surface area contributed by atoms with Gasteiger partial charge in [-0.1, -0.05) is 6.07 Å². The first-order valence-electron chi connectivity index (χ1n) is 10.0. The summed E-state index contributed by atoms with van der Waals surface area (Å²) in [7, 11) is 3.01. The Morgan fingerprint density at radius 3 is 2.64 bits per heavy atom. The number of nitrogens with zero attached hydrogens (tertiary/aromatic N) is 4. The summed E-state index contributed by atoms with van der Waals surface area (Å²) in [5.41, 5.74) is -0.00112. The molecule has 4 rings (SSSR count). The maximum Gasteiger partial charge on any atom is 0.352 e. The first kappa shape index (κ1) is 21.8. The zero-order chi connectivity index (χ0) is 23.4. The Kier molecular flexibility index (Phi) is 6.16. The van der Waals surface area contributed by atoms with Gasteiger partial charge < -0.3 is 19.4 Å². The molecule has 10 heteroatoms. The van der Waals surface area contributed by atoms with E-state index in [1.807, 2.05) is 0 Å². The zero-order valence-electron chi connectivity index (χ0n) is 18.0. The van der Waals surface area contributed by atoms with Crippen LogP contribution >= 0.6 is 0 Å². The number of rotatable bonds is 7. The summed E-state index contributed by atoms with van der Waals surface area (Å²) < 4.78 is 12.9. The molecule has 0 spiro atoms. The van der Waals surface area contributed by atoms with Crippen molar-refractivity contribution in [1.29, 1.82) is 0 Å². The second kappa shape index (κ2) is 9.35. The molecule has 3 heterocycles. The Balaban J connectivity index is 1.63. The van der Waals surface area contributed by atoms with Gasteiger partial charge in [0, 0.05) is 18.5 Å². The van der Waals surface area contributed by atoms with Crippen molar-refractivity contribution in [2.45, 2.75) is 13.1 Å². The van der Waals surface area contributed by atoms with Crippen LogP contribution in [0.3, 0.4) is 0 Å². The SMILES string of the molecule is COc1ccc(OC)c(NC(=O)Cn2cccc3c(=O)n(Cc4ccccn4)c(=O)nc2-3)c1. The molecule has 2 aromatic rings. The van der Waals surface area contributed by atoms with E-state index in [1.165, 1.54) is 18.8 Å². The van der Waals surface area contributed by atoms with Gasteiger partial charge in [-0.15, -0.1) is 0 Å². The highest BCUT2D eigenvalue weighted by Crippen LogP contribution is 2.29. The predicted molar refractivity (Wildman–Crippen MR) is 121 cm³/mol. The normalized spacial score (nSPS) is 10.7. The molecule has 0 saturated heterocycles. The number of anilines is 1. The van der Waals surface area contributed by atoms with E-state index in [1.54, 1.807) is 60.9 Å². The van der Waals surface area contributed by atoms with Gasteiger partial charge >= 0.3 is 5.69 Å². The van der Waals surface area contributed by atoms with Crippen LogP contribution in [0.25, 0.3) is 11.4 Å². The Morgan fingerprint density at radius 1 is 1.06 bits per heavy atom. The highest BCUT2D eigenvalue weighted by molar-refractivity contribution is 5.92. The smallest absolute Gasteiger partial charge is 0.352 e. The molecule has 0 aliphatic carbocycles. The van der Waals surface area contributed by atoms with Crippen LogP contribution < -0.4 is 26.0 Å². The highest BCUT2D eigenvalue weighted by atomic mass is 16.5. The molecule has 10 nitrogen and oxygen atoms in total. The van der Waals surface area contributed by atoms with E-state index in [4.69, 9.17) is 9.47 Å². The first-order valence-corrected chi connectivity index (χ1v) is 10.0. The molecule has 2 aliphatic heterocycles. The lowest BCUT2D eigenvalue weighted by molar-refractivity contribution is -0.116. The van der Waals surface area contributed by atoms with Crippen LogP contribution in [0.1, 0.15) is 5.69 Å². The van der Waals surface area contributed by atoms with Crippen molar-refractivity contribution < 1.29 is 14.3 Å². The largest absolute Gasteiger partial charge is 0.497 e. The van der Waals surface area contributed by atoms with Crippen LogP contribution in [0.2, 0.25) is 0 Å². The van der Waals surface area contributed by atoms with Crippen LogP contribution in [-0.4, -0.2) is 39.2 Å². The van der Waals surface area contributed by atoms with Gasteiger partial charge in [-0.05, 0) is 36.4 Å². The quantitative estimate of drug-likeness (QED) is 0.457. The number of amides is 1. The van der Waals surface area contributed by atoms with E-state index in [2.05, 4.69) is 15.3 Å². The van der Waals surface area contributed by atoms with E-state index < -0.39 is 17.2 Å². The maximum atomic E-state index is 13.0. The fourth-order valence-corrected chi connectivity index (χ4v) is 3.39. The number of hydrogen-bond donors (Lipinski definition) is 1. The molecule has 0 fully saturated rings. The number of nitrogens with one attached hydrogen (secondary N) is 1. The minimum atomic E-state index is -0.715. The molecular weight excluding hydrogens is 426 g/mol. The fraction of sp³-hybridized carbons (Fsp3) is 0.174.